The van der Waals surface area contributed by atoms with Crippen LogP contribution in [0.25, 0.3) is 0 Å². The number of aromatic amines is 1. The van der Waals surface area contributed by atoms with Crippen LogP contribution in [0.1, 0.15) is 11.3 Å². The average molecular weight is 232 g/mol. The molecule has 0 aliphatic heterocycles. The summed E-state index contributed by atoms with van der Waals surface area (Å²) < 4.78 is 0.390. The van der Waals surface area contributed by atoms with Crippen molar-refractivity contribution in [2.24, 2.45) is 0 Å². The second kappa shape index (κ2) is 4.85. The highest BCUT2D eigenvalue weighted by atomic mass is 32.1. The molecule has 1 heterocycles. The first kappa shape index (κ1) is 10.8. The third kappa shape index (κ3) is 2.64. The van der Waals surface area contributed by atoms with Crippen LogP contribution in [0.2, 0.25) is 0 Å². The van der Waals surface area contributed by atoms with Gasteiger partial charge in [0.1, 0.15) is 0 Å². The number of aryl methyl sites for hydroxylation is 1. The third-order valence-corrected chi connectivity index (χ3v) is 2.36. The van der Waals surface area contributed by atoms with Crippen LogP contribution >= 0.6 is 12.2 Å². The number of H-pyrrole nitrogens is 1. The number of rotatable bonds is 3. The molecule has 0 atom stereocenters. The average Bonchev–Trinajstić information content (AvgIpc) is 2.32. The van der Waals surface area contributed by atoms with Gasteiger partial charge in [0.05, 0.1) is 5.69 Å². The third-order valence-electron chi connectivity index (χ3n) is 2.18. The van der Waals surface area contributed by atoms with Gasteiger partial charge in [0.25, 0.3) is 0 Å². The minimum absolute atomic E-state index is 0.390. The van der Waals surface area contributed by atoms with Crippen LogP contribution in [0.15, 0.2) is 30.3 Å². The maximum Gasteiger partial charge on any atom is 0.215 e. The van der Waals surface area contributed by atoms with Gasteiger partial charge in [0, 0.05) is 6.54 Å². The summed E-state index contributed by atoms with van der Waals surface area (Å²) in [6, 6.07) is 10.1. The first-order valence-corrected chi connectivity index (χ1v) is 5.37. The van der Waals surface area contributed by atoms with Gasteiger partial charge in [-0.1, -0.05) is 30.3 Å². The van der Waals surface area contributed by atoms with Gasteiger partial charge >= 0.3 is 0 Å². The Balaban J connectivity index is 2.10. The lowest BCUT2D eigenvalue weighted by molar-refractivity contribution is 0.901. The molecule has 5 heteroatoms. The molecular weight excluding hydrogens is 220 g/mol. The van der Waals surface area contributed by atoms with E-state index in [-0.39, 0.29) is 0 Å². The van der Waals surface area contributed by atoms with E-state index >= 15 is 0 Å². The minimum Gasteiger partial charge on any atom is -0.364 e. The second-order valence-corrected chi connectivity index (χ2v) is 3.80. The molecule has 0 radical (unpaired) electrons. The first-order valence-electron chi connectivity index (χ1n) is 4.97. The van der Waals surface area contributed by atoms with Crippen molar-refractivity contribution in [2.75, 3.05) is 5.32 Å². The standard InChI is InChI=1S/C11H12N4S/c1-8-10(13-11(16)15-14-8)12-7-9-5-3-2-4-6-9/h2-6H,7H2,1H3,(H2,12,13,15,16). The number of benzene rings is 1. The Morgan fingerprint density at radius 2 is 2.06 bits per heavy atom. The van der Waals surface area contributed by atoms with Crippen molar-refractivity contribution in [1.29, 1.82) is 0 Å². The Kier molecular flexibility index (Phi) is 3.26. The fourth-order valence-electron chi connectivity index (χ4n) is 1.34. The van der Waals surface area contributed by atoms with Crippen molar-refractivity contribution < 1.29 is 0 Å². The Hall–Kier alpha value is -1.75. The molecule has 0 saturated heterocycles. The first-order chi connectivity index (χ1) is 7.75. The van der Waals surface area contributed by atoms with E-state index in [9.17, 15) is 0 Å². The van der Waals surface area contributed by atoms with Gasteiger partial charge in [-0.15, -0.1) is 0 Å². The fraction of sp³-hybridized carbons (Fsp3) is 0.182. The maximum absolute atomic E-state index is 4.92. The number of aromatic nitrogens is 3. The number of hydrogen-bond donors (Lipinski definition) is 2. The zero-order valence-corrected chi connectivity index (χ0v) is 9.71. The molecule has 0 spiro atoms. The molecule has 1 aromatic carbocycles. The summed E-state index contributed by atoms with van der Waals surface area (Å²) in [6.45, 7) is 2.60. The summed E-state index contributed by atoms with van der Waals surface area (Å²) in [6.07, 6.45) is 0. The zero-order valence-electron chi connectivity index (χ0n) is 8.90. The lowest BCUT2D eigenvalue weighted by Crippen LogP contribution is -2.05. The Bertz CT molecular complexity index is 521. The van der Waals surface area contributed by atoms with E-state index in [1.54, 1.807) is 0 Å². The summed E-state index contributed by atoms with van der Waals surface area (Å²) in [5.74, 6) is 0.729. The highest BCUT2D eigenvalue weighted by Crippen LogP contribution is 2.08. The zero-order chi connectivity index (χ0) is 11.4. The van der Waals surface area contributed by atoms with Crippen LogP contribution in [0.4, 0.5) is 5.82 Å². The lowest BCUT2D eigenvalue weighted by atomic mass is 10.2. The SMILES string of the molecule is Cc1n[nH]c(=S)nc1NCc1ccccc1. The molecule has 2 rings (SSSR count). The lowest BCUT2D eigenvalue weighted by Gasteiger charge is -2.06. The van der Waals surface area contributed by atoms with Crippen molar-refractivity contribution in [3.63, 3.8) is 0 Å². The second-order valence-electron chi connectivity index (χ2n) is 3.41. The van der Waals surface area contributed by atoms with Crippen LogP contribution in [0.5, 0.6) is 0 Å². The molecule has 16 heavy (non-hydrogen) atoms. The maximum atomic E-state index is 4.92. The quantitative estimate of drug-likeness (QED) is 0.798. The fourth-order valence-corrected chi connectivity index (χ4v) is 1.48. The summed E-state index contributed by atoms with van der Waals surface area (Å²) in [5.41, 5.74) is 2.01. The van der Waals surface area contributed by atoms with E-state index < -0.39 is 0 Å². The van der Waals surface area contributed by atoms with Gasteiger partial charge in [0.2, 0.25) is 4.77 Å². The molecule has 0 aliphatic carbocycles. The molecule has 0 aliphatic rings. The van der Waals surface area contributed by atoms with Crippen LogP contribution < -0.4 is 5.32 Å². The molecule has 2 N–H and O–H groups in total. The van der Waals surface area contributed by atoms with Crippen molar-refractivity contribution in [2.45, 2.75) is 13.5 Å². The van der Waals surface area contributed by atoms with E-state index in [1.165, 1.54) is 5.56 Å². The smallest absolute Gasteiger partial charge is 0.215 e. The van der Waals surface area contributed by atoms with Gasteiger partial charge in [-0.05, 0) is 24.7 Å². The van der Waals surface area contributed by atoms with Crippen LogP contribution in [0, 0.1) is 11.7 Å². The monoisotopic (exact) mass is 232 g/mol. The number of nitrogens with zero attached hydrogens (tertiary/aromatic N) is 2. The summed E-state index contributed by atoms with van der Waals surface area (Å²) in [7, 11) is 0. The van der Waals surface area contributed by atoms with E-state index in [4.69, 9.17) is 12.2 Å². The van der Waals surface area contributed by atoms with E-state index in [0.717, 1.165) is 18.1 Å². The molecule has 2 aromatic rings. The molecular formula is C11H12N4S. The van der Waals surface area contributed by atoms with Crippen LogP contribution in [-0.2, 0) is 6.54 Å². The highest BCUT2D eigenvalue weighted by molar-refractivity contribution is 7.71. The topological polar surface area (TPSA) is 53.6 Å². The molecule has 0 saturated carbocycles. The predicted octanol–water partition coefficient (Wildman–Crippen LogP) is 2.45. The highest BCUT2D eigenvalue weighted by Gasteiger charge is 2.00. The van der Waals surface area contributed by atoms with Crippen molar-refractivity contribution in [3.8, 4) is 0 Å². The van der Waals surface area contributed by atoms with Crippen LogP contribution in [-0.4, -0.2) is 15.2 Å². The van der Waals surface area contributed by atoms with E-state index in [2.05, 4.69) is 32.6 Å². The molecule has 0 fully saturated rings. The van der Waals surface area contributed by atoms with Crippen molar-refractivity contribution in [3.05, 3.63) is 46.4 Å². The molecule has 0 bridgehead atoms. The van der Waals surface area contributed by atoms with Crippen molar-refractivity contribution >= 4 is 18.0 Å². The van der Waals surface area contributed by atoms with Gasteiger partial charge in [-0.3, -0.25) is 5.10 Å². The van der Waals surface area contributed by atoms with E-state index in [1.807, 2.05) is 25.1 Å². The van der Waals surface area contributed by atoms with Gasteiger partial charge in [0.15, 0.2) is 5.82 Å². The van der Waals surface area contributed by atoms with Crippen molar-refractivity contribution in [1.82, 2.24) is 15.2 Å². The number of nitrogens with one attached hydrogen (secondary N) is 2. The molecule has 0 unspecified atom stereocenters. The number of hydrogen-bond acceptors (Lipinski definition) is 4. The van der Waals surface area contributed by atoms with Gasteiger partial charge < -0.3 is 5.32 Å². The Morgan fingerprint density at radius 1 is 1.31 bits per heavy atom. The molecule has 0 amide bonds. The largest absolute Gasteiger partial charge is 0.364 e. The molecule has 1 aromatic heterocycles. The van der Waals surface area contributed by atoms with Gasteiger partial charge in [-0.25, -0.2) is 0 Å². The van der Waals surface area contributed by atoms with Crippen LogP contribution in [0.3, 0.4) is 0 Å². The summed E-state index contributed by atoms with van der Waals surface area (Å²) in [4.78, 5) is 4.17. The molecule has 4 nitrogen and oxygen atoms in total. The number of anilines is 1. The van der Waals surface area contributed by atoms with Gasteiger partial charge in [-0.2, -0.15) is 10.1 Å². The summed E-state index contributed by atoms with van der Waals surface area (Å²) >= 11 is 4.92. The Morgan fingerprint density at radius 3 is 2.81 bits per heavy atom. The minimum atomic E-state index is 0.390. The predicted molar refractivity (Wildman–Crippen MR) is 65.7 cm³/mol. The molecule has 82 valence electrons. The van der Waals surface area contributed by atoms with E-state index in [0.29, 0.717) is 4.77 Å². The normalized spacial score (nSPS) is 10.1. The summed E-state index contributed by atoms with van der Waals surface area (Å²) in [5, 5.41) is 9.90. The Labute approximate surface area is 98.8 Å².